The van der Waals surface area contributed by atoms with Crippen LogP contribution in [0, 0.1) is 0 Å². The Kier molecular flexibility index (Phi) is 3.54. The third kappa shape index (κ3) is 3.23. The third-order valence-corrected chi connectivity index (χ3v) is 2.74. The minimum absolute atomic E-state index is 0.385. The zero-order valence-electron chi connectivity index (χ0n) is 9.10. The monoisotopic (exact) mass is 242 g/mol. The highest BCUT2D eigenvalue weighted by molar-refractivity contribution is 7.92. The molecule has 1 amide bonds. The van der Waals surface area contributed by atoms with E-state index < -0.39 is 21.8 Å². The molecule has 0 aromatic heterocycles. The van der Waals surface area contributed by atoms with E-state index in [9.17, 15) is 13.2 Å². The second-order valence-electron chi connectivity index (χ2n) is 3.59. The Bertz CT molecular complexity index is 497. The number of nitrogens with two attached hydrogens (primary N) is 1. The predicted molar refractivity (Wildman–Crippen MR) is 62.5 cm³/mol. The minimum atomic E-state index is -3.36. The number of anilines is 1. The number of amides is 1. The molecule has 1 aromatic carbocycles. The summed E-state index contributed by atoms with van der Waals surface area (Å²) in [4.78, 5) is 11.1. The van der Waals surface area contributed by atoms with Crippen LogP contribution in [0.4, 0.5) is 5.69 Å². The van der Waals surface area contributed by atoms with Crippen LogP contribution < -0.4 is 10.5 Å². The molecule has 0 radical (unpaired) electrons. The number of para-hydroxylation sites is 1. The van der Waals surface area contributed by atoms with Crippen LogP contribution >= 0.6 is 0 Å². The topological polar surface area (TPSA) is 89.3 Å². The van der Waals surface area contributed by atoms with Crippen molar-refractivity contribution in [3.8, 4) is 0 Å². The fourth-order valence-corrected chi connectivity index (χ4v) is 1.91. The van der Waals surface area contributed by atoms with Crippen LogP contribution in [0.1, 0.15) is 18.4 Å². The zero-order chi connectivity index (χ0) is 12.3. The number of carbonyl (C=O) groups excluding carboxylic acids is 1. The van der Waals surface area contributed by atoms with Gasteiger partial charge in [0.2, 0.25) is 15.9 Å². The Labute approximate surface area is 94.7 Å². The summed E-state index contributed by atoms with van der Waals surface area (Å²) in [6.45, 7) is 1.63. The number of sulfonamides is 1. The van der Waals surface area contributed by atoms with Gasteiger partial charge in [-0.25, -0.2) is 8.42 Å². The highest BCUT2D eigenvalue weighted by atomic mass is 32.2. The van der Waals surface area contributed by atoms with Crippen molar-refractivity contribution in [3.05, 3.63) is 29.8 Å². The van der Waals surface area contributed by atoms with Gasteiger partial charge in [0.05, 0.1) is 17.9 Å². The SMILES string of the molecule is CC(C(N)=O)c1ccccc1NS(C)(=O)=O. The van der Waals surface area contributed by atoms with Crippen LogP contribution in [0.25, 0.3) is 0 Å². The number of hydrogen-bond acceptors (Lipinski definition) is 3. The molecule has 1 aromatic rings. The van der Waals surface area contributed by atoms with Crippen LogP contribution in [0.5, 0.6) is 0 Å². The molecule has 1 rings (SSSR count). The molecule has 6 heteroatoms. The maximum atomic E-state index is 11.1. The van der Waals surface area contributed by atoms with Gasteiger partial charge in [-0.15, -0.1) is 0 Å². The maximum absolute atomic E-state index is 11.1. The second kappa shape index (κ2) is 4.52. The van der Waals surface area contributed by atoms with E-state index in [1.54, 1.807) is 31.2 Å². The van der Waals surface area contributed by atoms with Crippen molar-refractivity contribution in [1.82, 2.24) is 0 Å². The maximum Gasteiger partial charge on any atom is 0.229 e. The average molecular weight is 242 g/mol. The Balaban J connectivity index is 3.15. The van der Waals surface area contributed by atoms with Gasteiger partial charge in [0.15, 0.2) is 0 Å². The number of nitrogens with one attached hydrogen (secondary N) is 1. The first kappa shape index (κ1) is 12.5. The molecule has 88 valence electrons. The Morgan fingerprint density at radius 3 is 2.44 bits per heavy atom. The summed E-state index contributed by atoms with van der Waals surface area (Å²) in [6, 6.07) is 6.67. The van der Waals surface area contributed by atoms with E-state index in [-0.39, 0.29) is 0 Å². The van der Waals surface area contributed by atoms with Crippen LogP contribution in [0.15, 0.2) is 24.3 Å². The highest BCUT2D eigenvalue weighted by Gasteiger charge is 2.16. The third-order valence-electron chi connectivity index (χ3n) is 2.15. The summed E-state index contributed by atoms with van der Waals surface area (Å²) >= 11 is 0. The van der Waals surface area contributed by atoms with Crippen LogP contribution in [-0.4, -0.2) is 20.6 Å². The summed E-state index contributed by atoms with van der Waals surface area (Å²) in [6.07, 6.45) is 1.05. The van der Waals surface area contributed by atoms with E-state index in [1.807, 2.05) is 0 Å². The number of primary amides is 1. The van der Waals surface area contributed by atoms with E-state index in [0.29, 0.717) is 11.3 Å². The highest BCUT2D eigenvalue weighted by Crippen LogP contribution is 2.24. The van der Waals surface area contributed by atoms with Gasteiger partial charge in [0.25, 0.3) is 0 Å². The molecular formula is C10H14N2O3S. The van der Waals surface area contributed by atoms with Gasteiger partial charge in [-0.1, -0.05) is 18.2 Å². The molecule has 5 nitrogen and oxygen atoms in total. The Morgan fingerprint density at radius 1 is 1.38 bits per heavy atom. The van der Waals surface area contributed by atoms with Crippen molar-refractivity contribution >= 4 is 21.6 Å². The van der Waals surface area contributed by atoms with E-state index >= 15 is 0 Å². The van der Waals surface area contributed by atoms with Gasteiger partial charge in [-0.2, -0.15) is 0 Å². The lowest BCUT2D eigenvalue weighted by molar-refractivity contribution is -0.119. The van der Waals surface area contributed by atoms with E-state index in [1.165, 1.54) is 0 Å². The largest absolute Gasteiger partial charge is 0.369 e. The van der Waals surface area contributed by atoms with Crippen molar-refractivity contribution < 1.29 is 13.2 Å². The number of rotatable bonds is 4. The van der Waals surface area contributed by atoms with Crippen molar-refractivity contribution in [3.63, 3.8) is 0 Å². The molecule has 0 saturated heterocycles. The molecule has 0 bridgehead atoms. The van der Waals surface area contributed by atoms with Gasteiger partial charge in [0, 0.05) is 0 Å². The zero-order valence-corrected chi connectivity index (χ0v) is 9.91. The molecule has 0 aliphatic heterocycles. The number of carbonyl (C=O) groups is 1. The molecule has 0 spiro atoms. The lowest BCUT2D eigenvalue weighted by atomic mass is 9.99. The number of benzene rings is 1. The lowest BCUT2D eigenvalue weighted by Gasteiger charge is -2.14. The van der Waals surface area contributed by atoms with Gasteiger partial charge in [0.1, 0.15) is 0 Å². The van der Waals surface area contributed by atoms with Gasteiger partial charge < -0.3 is 5.73 Å². The molecule has 0 fully saturated rings. The predicted octanol–water partition coefficient (Wildman–Crippen LogP) is 0.647. The van der Waals surface area contributed by atoms with E-state index in [2.05, 4.69) is 4.72 Å². The van der Waals surface area contributed by atoms with Crippen molar-refractivity contribution in [1.29, 1.82) is 0 Å². The first-order valence-corrected chi connectivity index (χ1v) is 6.56. The Morgan fingerprint density at radius 2 is 1.94 bits per heavy atom. The fourth-order valence-electron chi connectivity index (χ4n) is 1.32. The molecule has 3 N–H and O–H groups in total. The average Bonchev–Trinajstić information content (AvgIpc) is 2.15. The summed E-state index contributed by atoms with van der Waals surface area (Å²) in [7, 11) is -3.36. The number of hydrogen-bond donors (Lipinski definition) is 2. The summed E-state index contributed by atoms with van der Waals surface area (Å²) in [5, 5.41) is 0. The van der Waals surface area contributed by atoms with Crippen LogP contribution in [-0.2, 0) is 14.8 Å². The van der Waals surface area contributed by atoms with Gasteiger partial charge in [-0.05, 0) is 18.6 Å². The minimum Gasteiger partial charge on any atom is -0.369 e. The molecular weight excluding hydrogens is 228 g/mol. The van der Waals surface area contributed by atoms with Gasteiger partial charge >= 0.3 is 0 Å². The first-order chi connectivity index (χ1) is 7.31. The van der Waals surface area contributed by atoms with E-state index in [0.717, 1.165) is 6.26 Å². The molecule has 0 aliphatic carbocycles. The van der Waals surface area contributed by atoms with Gasteiger partial charge in [-0.3, -0.25) is 9.52 Å². The normalized spacial score (nSPS) is 13.1. The second-order valence-corrected chi connectivity index (χ2v) is 5.33. The summed E-state index contributed by atoms with van der Waals surface area (Å²) < 4.78 is 24.6. The van der Waals surface area contributed by atoms with Crippen molar-refractivity contribution in [2.24, 2.45) is 5.73 Å². The summed E-state index contributed by atoms with van der Waals surface area (Å²) in [5.41, 5.74) is 6.14. The van der Waals surface area contributed by atoms with Crippen LogP contribution in [0.3, 0.4) is 0 Å². The van der Waals surface area contributed by atoms with Crippen molar-refractivity contribution in [2.75, 3.05) is 11.0 Å². The smallest absolute Gasteiger partial charge is 0.229 e. The quantitative estimate of drug-likeness (QED) is 0.812. The first-order valence-electron chi connectivity index (χ1n) is 4.67. The lowest BCUT2D eigenvalue weighted by Crippen LogP contribution is -2.20. The fraction of sp³-hybridized carbons (Fsp3) is 0.300. The van der Waals surface area contributed by atoms with E-state index in [4.69, 9.17) is 5.73 Å². The Hall–Kier alpha value is -1.56. The molecule has 1 unspecified atom stereocenters. The molecule has 0 saturated carbocycles. The molecule has 1 atom stereocenters. The standard InChI is InChI=1S/C10H14N2O3S/c1-7(10(11)13)8-5-3-4-6-9(8)12-16(2,14)15/h3-7,12H,1-2H3,(H2,11,13). The van der Waals surface area contributed by atoms with Crippen molar-refractivity contribution in [2.45, 2.75) is 12.8 Å². The molecule has 0 heterocycles. The summed E-state index contributed by atoms with van der Waals surface area (Å²) in [5.74, 6) is -1.03. The molecule has 16 heavy (non-hydrogen) atoms. The molecule has 0 aliphatic rings. The van der Waals surface area contributed by atoms with Crippen LogP contribution in [0.2, 0.25) is 0 Å².